The Morgan fingerprint density at radius 1 is 1.15 bits per heavy atom. The van der Waals surface area contributed by atoms with Crippen molar-refractivity contribution in [3.63, 3.8) is 0 Å². The van der Waals surface area contributed by atoms with Gasteiger partial charge in [-0.3, -0.25) is 0 Å². The summed E-state index contributed by atoms with van der Waals surface area (Å²) in [5.74, 6) is 0.999. The molecule has 2 N–H and O–H groups in total. The van der Waals surface area contributed by atoms with Crippen molar-refractivity contribution in [3.05, 3.63) is 24.3 Å². The van der Waals surface area contributed by atoms with Gasteiger partial charge in [0.2, 0.25) is 0 Å². The molecule has 74 valence electrons. The van der Waals surface area contributed by atoms with E-state index in [4.69, 9.17) is 5.73 Å². The maximum Gasteiger partial charge on any atom is 0.0103 e. The first kappa shape index (κ1) is 13.2. The molecule has 0 spiro atoms. The standard InChI is InChI=1S/C9H13NS2.ClH/c1-11-8-2-4-9(5-3-8)12-7-6-10;/h2-5H,6-7,10H2,1H3;1H. The van der Waals surface area contributed by atoms with Gasteiger partial charge in [-0.1, -0.05) is 0 Å². The summed E-state index contributed by atoms with van der Waals surface area (Å²) in [6.07, 6.45) is 2.09. The van der Waals surface area contributed by atoms with Crippen LogP contribution in [-0.2, 0) is 0 Å². The van der Waals surface area contributed by atoms with Crippen molar-refractivity contribution in [2.24, 2.45) is 5.73 Å². The molecule has 1 nitrogen and oxygen atoms in total. The summed E-state index contributed by atoms with van der Waals surface area (Å²) in [7, 11) is 0. The zero-order valence-corrected chi connectivity index (χ0v) is 9.98. The van der Waals surface area contributed by atoms with Crippen LogP contribution in [0, 0.1) is 0 Å². The lowest BCUT2D eigenvalue weighted by Gasteiger charge is -2.00. The predicted octanol–water partition coefficient (Wildman–Crippen LogP) is 2.88. The van der Waals surface area contributed by atoms with Gasteiger partial charge in [0.1, 0.15) is 0 Å². The molecule has 4 heteroatoms. The maximum atomic E-state index is 5.41. The summed E-state index contributed by atoms with van der Waals surface area (Å²) in [6, 6.07) is 8.57. The van der Waals surface area contributed by atoms with Gasteiger partial charge in [0, 0.05) is 22.1 Å². The van der Waals surface area contributed by atoms with Gasteiger partial charge in [0.15, 0.2) is 0 Å². The highest BCUT2D eigenvalue weighted by Crippen LogP contribution is 2.21. The van der Waals surface area contributed by atoms with Gasteiger partial charge in [-0.05, 0) is 30.5 Å². The summed E-state index contributed by atoms with van der Waals surface area (Å²) < 4.78 is 0. The van der Waals surface area contributed by atoms with E-state index in [0.29, 0.717) is 0 Å². The van der Waals surface area contributed by atoms with Crippen molar-refractivity contribution in [3.8, 4) is 0 Å². The van der Waals surface area contributed by atoms with E-state index in [0.717, 1.165) is 12.3 Å². The topological polar surface area (TPSA) is 26.0 Å². The van der Waals surface area contributed by atoms with E-state index < -0.39 is 0 Å². The zero-order valence-electron chi connectivity index (χ0n) is 7.53. The molecule has 0 heterocycles. The van der Waals surface area contributed by atoms with Crippen molar-refractivity contribution in [2.45, 2.75) is 9.79 Å². The fraction of sp³-hybridized carbons (Fsp3) is 0.333. The third-order valence-corrected chi connectivity index (χ3v) is 3.23. The SMILES string of the molecule is CSc1ccc(SCCN)cc1.Cl. The van der Waals surface area contributed by atoms with E-state index in [1.54, 1.807) is 23.5 Å². The van der Waals surface area contributed by atoms with E-state index in [1.165, 1.54) is 9.79 Å². The number of thioether (sulfide) groups is 2. The second-order valence-corrected chi connectivity index (χ2v) is 4.36. The minimum absolute atomic E-state index is 0. The normalized spacial score (nSPS) is 9.38. The Balaban J connectivity index is 0.00000144. The first-order chi connectivity index (χ1) is 5.86. The molecule has 0 fully saturated rings. The number of hydrogen-bond donors (Lipinski definition) is 1. The van der Waals surface area contributed by atoms with Gasteiger partial charge >= 0.3 is 0 Å². The Hall–Kier alpha value is 0.170. The van der Waals surface area contributed by atoms with E-state index in [-0.39, 0.29) is 12.4 Å². The Kier molecular flexibility index (Phi) is 7.66. The van der Waals surface area contributed by atoms with E-state index in [2.05, 4.69) is 30.5 Å². The molecule has 0 aliphatic carbocycles. The molecule has 0 atom stereocenters. The molecule has 0 unspecified atom stereocenters. The van der Waals surface area contributed by atoms with Crippen molar-refractivity contribution >= 4 is 35.9 Å². The summed E-state index contributed by atoms with van der Waals surface area (Å²) in [5.41, 5.74) is 5.41. The summed E-state index contributed by atoms with van der Waals surface area (Å²) in [4.78, 5) is 2.62. The average molecular weight is 236 g/mol. The zero-order chi connectivity index (χ0) is 8.81. The maximum absolute atomic E-state index is 5.41. The molecular weight excluding hydrogens is 222 g/mol. The first-order valence-corrected chi connectivity index (χ1v) is 6.05. The lowest BCUT2D eigenvalue weighted by Crippen LogP contribution is -2.00. The molecule has 0 aliphatic rings. The summed E-state index contributed by atoms with van der Waals surface area (Å²) >= 11 is 3.57. The fourth-order valence-corrected chi connectivity index (χ4v) is 1.94. The van der Waals surface area contributed by atoms with Gasteiger partial charge < -0.3 is 5.73 Å². The van der Waals surface area contributed by atoms with Crippen LogP contribution in [-0.4, -0.2) is 18.6 Å². The Labute approximate surface area is 94.3 Å². The lowest BCUT2D eigenvalue weighted by atomic mass is 10.4. The van der Waals surface area contributed by atoms with Crippen molar-refractivity contribution in [1.82, 2.24) is 0 Å². The minimum Gasteiger partial charge on any atom is -0.330 e. The highest BCUT2D eigenvalue weighted by molar-refractivity contribution is 7.99. The van der Waals surface area contributed by atoms with E-state index in [1.807, 2.05) is 0 Å². The monoisotopic (exact) mass is 235 g/mol. The predicted molar refractivity (Wildman–Crippen MR) is 65.2 cm³/mol. The number of benzene rings is 1. The van der Waals surface area contributed by atoms with Gasteiger partial charge in [-0.25, -0.2) is 0 Å². The van der Waals surface area contributed by atoms with Crippen LogP contribution in [0.5, 0.6) is 0 Å². The Morgan fingerprint density at radius 2 is 1.69 bits per heavy atom. The number of halogens is 1. The molecule has 1 aromatic rings. The molecule has 0 saturated heterocycles. The quantitative estimate of drug-likeness (QED) is 0.813. The van der Waals surface area contributed by atoms with Gasteiger partial charge in [0.25, 0.3) is 0 Å². The Bertz CT molecular complexity index is 226. The fourth-order valence-electron chi connectivity index (χ4n) is 0.849. The molecule has 0 aliphatic heterocycles. The molecule has 1 aromatic carbocycles. The van der Waals surface area contributed by atoms with Gasteiger partial charge in [0.05, 0.1) is 0 Å². The molecule has 0 amide bonds. The molecule has 0 bridgehead atoms. The van der Waals surface area contributed by atoms with Gasteiger partial charge in [-0.15, -0.1) is 35.9 Å². The van der Waals surface area contributed by atoms with Crippen LogP contribution in [0.4, 0.5) is 0 Å². The highest BCUT2D eigenvalue weighted by atomic mass is 35.5. The molecule has 0 radical (unpaired) electrons. The number of hydrogen-bond acceptors (Lipinski definition) is 3. The van der Waals surface area contributed by atoms with Crippen molar-refractivity contribution in [1.29, 1.82) is 0 Å². The molecular formula is C9H14ClNS2. The van der Waals surface area contributed by atoms with Crippen LogP contribution < -0.4 is 5.73 Å². The summed E-state index contributed by atoms with van der Waals surface area (Å²) in [5, 5.41) is 0. The smallest absolute Gasteiger partial charge is 0.0103 e. The highest BCUT2D eigenvalue weighted by Gasteiger charge is 1.92. The average Bonchev–Trinajstić information content (AvgIpc) is 2.15. The minimum atomic E-state index is 0. The van der Waals surface area contributed by atoms with Crippen LogP contribution in [0.2, 0.25) is 0 Å². The molecule has 13 heavy (non-hydrogen) atoms. The Morgan fingerprint density at radius 3 is 2.15 bits per heavy atom. The van der Waals surface area contributed by atoms with E-state index in [9.17, 15) is 0 Å². The second kappa shape index (κ2) is 7.56. The first-order valence-electron chi connectivity index (χ1n) is 3.83. The van der Waals surface area contributed by atoms with Crippen LogP contribution in [0.25, 0.3) is 0 Å². The second-order valence-electron chi connectivity index (χ2n) is 2.31. The van der Waals surface area contributed by atoms with Crippen LogP contribution >= 0.6 is 35.9 Å². The molecule has 0 saturated carbocycles. The largest absolute Gasteiger partial charge is 0.330 e. The van der Waals surface area contributed by atoms with Crippen molar-refractivity contribution in [2.75, 3.05) is 18.6 Å². The third-order valence-electron chi connectivity index (χ3n) is 1.45. The third kappa shape index (κ3) is 4.81. The molecule has 1 rings (SSSR count). The van der Waals surface area contributed by atoms with Crippen molar-refractivity contribution < 1.29 is 0 Å². The lowest BCUT2D eigenvalue weighted by molar-refractivity contribution is 1.15. The van der Waals surface area contributed by atoms with Gasteiger partial charge in [-0.2, -0.15) is 0 Å². The number of nitrogens with two attached hydrogens (primary N) is 1. The van der Waals surface area contributed by atoms with Crippen LogP contribution in [0.1, 0.15) is 0 Å². The summed E-state index contributed by atoms with van der Waals surface area (Å²) in [6.45, 7) is 0.745. The van der Waals surface area contributed by atoms with E-state index >= 15 is 0 Å². The number of rotatable bonds is 4. The van der Waals surface area contributed by atoms with Crippen LogP contribution in [0.15, 0.2) is 34.1 Å². The molecule has 0 aromatic heterocycles. The van der Waals surface area contributed by atoms with Crippen LogP contribution in [0.3, 0.4) is 0 Å².